The molecule has 1 aliphatic heterocycles. The van der Waals surface area contributed by atoms with Gasteiger partial charge in [0.2, 0.25) is 5.88 Å². The summed E-state index contributed by atoms with van der Waals surface area (Å²) in [5.74, 6) is 0.604. The van der Waals surface area contributed by atoms with Gasteiger partial charge in [0.05, 0.1) is 6.54 Å². The Hall–Kier alpha value is -2.27. The molecule has 2 heterocycles. The number of rotatable bonds is 3. The van der Waals surface area contributed by atoms with E-state index in [-0.39, 0.29) is 12.1 Å². The number of carbonyl (C=O) groups is 1. The summed E-state index contributed by atoms with van der Waals surface area (Å²) >= 11 is 5.92. The quantitative estimate of drug-likeness (QED) is 0.932. The highest BCUT2D eigenvalue weighted by atomic mass is 35.5. The number of carbonyl (C=O) groups excluding carboxylic acids is 1. The zero-order chi connectivity index (χ0) is 16.2. The molecule has 1 N–H and O–H groups in total. The number of likely N-dealkylation sites (tertiary alicyclic amines) is 1. The van der Waals surface area contributed by atoms with Crippen molar-refractivity contribution in [2.24, 2.45) is 0 Å². The Balaban J connectivity index is 1.55. The molecule has 0 aliphatic carbocycles. The Morgan fingerprint density at radius 1 is 1.35 bits per heavy atom. The van der Waals surface area contributed by atoms with Crippen molar-refractivity contribution >= 4 is 23.3 Å². The second-order valence-corrected chi connectivity index (χ2v) is 5.97. The van der Waals surface area contributed by atoms with E-state index in [1.54, 1.807) is 23.1 Å². The molecule has 1 unspecified atom stereocenters. The third kappa shape index (κ3) is 4.13. The fourth-order valence-corrected chi connectivity index (χ4v) is 2.72. The molecule has 5 nitrogen and oxygen atoms in total. The molecule has 1 aliphatic rings. The Bertz CT molecular complexity index is 708. The van der Waals surface area contributed by atoms with E-state index < -0.39 is 0 Å². The molecule has 1 saturated heterocycles. The van der Waals surface area contributed by atoms with Crippen LogP contribution in [0, 0.1) is 6.92 Å². The fraction of sp³-hybridized carbons (Fsp3) is 0.294. The molecule has 0 saturated carbocycles. The number of ether oxygens (including phenoxy) is 1. The number of benzene rings is 1. The van der Waals surface area contributed by atoms with Crippen LogP contribution in [0.3, 0.4) is 0 Å². The number of aromatic nitrogens is 1. The molecule has 3 rings (SSSR count). The predicted octanol–water partition coefficient (Wildman–Crippen LogP) is 3.73. The van der Waals surface area contributed by atoms with Gasteiger partial charge in [-0.05, 0) is 31.2 Å². The molecular weight excluding hydrogens is 314 g/mol. The van der Waals surface area contributed by atoms with Crippen LogP contribution in [0.5, 0.6) is 5.88 Å². The summed E-state index contributed by atoms with van der Waals surface area (Å²) in [5.41, 5.74) is 1.60. The van der Waals surface area contributed by atoms with E-state index in [0.29, 0.717) is 29.7 Å². The molecule has 1 aromatic carbocycles. The van der Waals surface area contributed by atoms with E-state index in [1.165, 1.54) is 0 Å². The molecule has 1 aromatic heterocycles. The first-order valence-corrected chi connectivity index (χ1v) is 7.90. The number of amides is 2. The number of urea groups is 1. The lowest BCUT2D eigenvalue weighted by Gasteiger charge is -2.18. The van der Waals surface area contributed by atoms with Gasteiger partial charge in [0.1, 0.15) is 6.10 Å². The highest BCUT2D eigenvalue weighted by molar-refractivity contribution is 6.30. The van der Waals surface area contributed by atoms with Gasteiger partial charge in [0.25, 0.3) is 0 Å². The molecule has 1 fully saturated rings. The summed E-state index contributed by atoms with van der Waals surface area (Å²) in [4.78, 5) is 18.3. The van der Waals surface area contributed by atoms with Crippen LogP contribution in [0.15, 0.2) is 42.5 Å². The average molecular weight is 332 g/mol. The molecule has 0 bridgehead atoms. The Morgan fingerprint density at radius 2 is 2.17 bits per heavy atom. The third-order valence-corrected chi connectivity index (χ3v) is 3.89. The third-order valence-electron chi connectivity index (χ3n) is 3.66. The lowest BCUT2D eigenvalue weighted by Crippen LogP contribution is -2.34. The van der Waals surface area contributed by atoms with E-state index in [9.17, 15) is 4.79 Å². The zero-order valence-electron chi connectivity index (χ0n) is 12.8. The summed E-state index contributed by atoms with van der Waals surface area (Å²) in [7, 11) is 0. The Labute approximate surface area is 140 Å². The minimum Gasteiger partial charge on any atom is -0.472 e. The largest absolute Gasteiger partial charge is 0.472 e. The first-order chi connectivity index (χ1) is 11.1. The lowest BCUT2D eigenvalue weighted by atomic mass is 10.3. The summed E-state index contributed by atoms with van der Waals surface area (Å²) in [6.07, 6.45) is 0.757. The van der Waals surface area contributed by atoms with Crippen molar-refractivity contribution in [3.63, 3.8) is 0 Å². The maximum Gasteiger partial charge on any atom is 0.321 e. The van der Waals surface area contributed by atoms with Gasteiger partial charge in [0.15, 0.2) is 0 Å². The van der Waals surface area contributed by atoms with Crippen molar-refractivity contribution in [1.29, 1.82) is 0 Å². The van der Waals surface area contributed by atoms with Crippen molar-refractivity contribution in [1.82, 2.24) is 9.88 Å². The number of pyridine rings is 1. The van der Waals surface area contributed by atoms with Crippen molar-refractivity contribution < 1.29 is 9.53 Å². The zero-order valence-corrected chi connectivity index (χ0v) is 13.6. The van der Waals surface area contributed by atoms with Crippen molar-refractivity contribution in [3.8, 4) is 5.88 Å². The van der Waals surface area contributed by atoms with Crippen LogP contribution in [-0.2, 0) is 0 Å². The molecular formula is C17H18ClN3O2. The number of hydrogen-bond acceptors (Lipinski definition) is 3. The van der Waals surface area contributed by atoms with Crippen LogP contribution in [0.4, 0.5) is 10.5 Å². The van der Waals surface area contributed by atoms with E-state index in [4.69, 9.17) is 16.3 Å². The van der Waals surface area contributed by atoms with E-state index in [2.05, 4.69) is 10.3 Å². The molecule has 1 atom stereocenters. The number of aryl methyl sites for hydroxylation is 1. The summed E-state index contributed by atoms with van der Waals surface area (Å²) in [6, 6.07) is 12.6. The number of hydrogen-bond donors (Lipinski definition) is 1. The van der Waals surface area contributed by atoms with Crippen LogP contribution in [0.1, 0.15) is 12.1 Å². The van der Waals surface area contributed by atoms with Gasteiger partial charge in [-0.3, -0.25) is 0 Å². The van der Waals surface area contributed by atoms with Gasteiger partial charge in [-0.1, -0.05) is 23.7 Å². The average Bonchev–Trinajstić information content (AvgIpc) is 2.96. The summed E-state index contributed by atoms with van der Waals surface area (Å²) in [5, 5.41) is 3.44. The van der Waals surface area contributed by atoms with Crippen molar-refractivity contribution in [2.75, 3.05) is 18.4 Å². The maximum atomic E-state index is 12.3. The van der Waals surface area contributed by atoms with Gasteiger partial charge >= 0.3 is 6.03 Å². The van der Waals surface area contributed by atoms with Crippen molar-refractivity contribution in [3.05, 3.63) is 53.2 Å². The van der Waals surface area contributed by atoms with Crippen LogP contribution in [0.25, 0.3) is 0 Å². The van der Waals surface area contributed by atoms with Gasteiger partial charge in [0, 0.05) is 35.4 Å². The molecule has 120 valence electrons. The molecule has 2 aromatic rings. The number of nitrogens with one attached hydrogen (secondary N) is 1. The van der Waals surface area contributed by atoms with E-state index in [0.717, 1.165) is 12.1 Å². The minimum atomic E-state index is -0.143. The summed E-state index contributed by atoms with van der Waals surface area (Å²) < 4.78 is 5.85. The highest BCUT2D eigenvalue weighted by Gasteiger charge is 2.28. The van der Waals surface area contributed by atoms with E-state index >= 15 is 0 Å². The van der Waals surface area contributed by atoms with Gasteiger partial charge in [-0.2, -0.15) is 0 Å². The molecule has 0 spiro atoms. The highest BCUT2D eigenvalue weighted by Crippen LogP contribution is 2.19. The lowest BCUT2D eigenvalue weighted by molar-refractivity contribution is 0.189. The van der Waals surface area contributed by atoms with Gasteiger partial charge in [-0.25, -0.2) is 9.78 Å². The predicted molar refractivity (Wildman–Crippen MR) is 90.1 cm³/mol. The molecule has 0 radical (unpaired) electrons. The SMILES string of the molecule is Cc1cccc(OC2CCN(C(=O)Nc3cccc(Cl)c3)C2)n1. The Kier molecular flexibility index (Phi) is 4.67. The van der Waals surface area contributed by atoms with Crippen molar-refractivity contribution in [2.45, 2.75) is 19.4 Å². The maximum absolute atomic E-state index is 12.3. The first-order valence-electron chi connectivity index (χ1n) is 7.52. The normalized spacial score (nSPS) is 17.1. The number of nitrogens with zero attached hydrogens (tertiary/aromatic N) is 2. The number of anilines is 1. The Morgan fingerprint density at radius 3 is 2.96 bits per heavy atom. The molecule has 2 amide bonds. The summed E-state index contributed by atoms with van der Waals surface area (Å²) in [6.45, 7) is 3.12. The second kappa shape index (κ2) is 6.87. The van der Waals surface area contributed by atoms with E-state index in [1.807, 2.05) is 31.2 Å². The fourth-order valence-electron chi connectivity index (χ4n) is 2.53. The number of halogens is 1. The molecule has 23 heavy (non-hydrogen) atoms. The first kappa shape index (κ1) is 15.6. The molecule has 6 heteroatoms. The van der Waals surface area contributed by atoms with Crippen LogP contribution in [-0.4, -0.2) is 35.1 Å². The van der Waals surface area contributed by atoms with Gasteiger partial charge < -0.3 is 15.0 Å². The second-order valence-electron chi connectivity index (χ2n) is 5.53. The monoisotopic (exact) mass is 331 g/mol. The standard InChI is InChI=1S/C17H18ClN3O2/c1-12-4-2-7-16(19-12)23-15-8-9-21(11-15)17(22)20-14-6-3-5-13(18)10-14/h2-7,10,15H,8-9,11H2,1H3,(H,20,22). The van der Waals surface area contributed by atoms with Crippen LogP contribution in [0.2, 0.25) is 5.02 Å². The van der Waals surface area contributed by atoms with Gasteiger partial charge in [-0.15, -0.1) is 0 Å². The van der Waals surface area contributed by atoms with Crippen LogP contribution >= 0.6 is 11.6 Å². The van der Waals surface area contributed by atoms with Crippen LogP contribution < -0.4 is 10.1 Å². The minimum absolute atomic E-state index is 0.0330. The topological polar surface area (TPSA) is 54.5 Å². The smallest absolute Gasteiger partial charge is 0.321 e.